The highest BCUT2D eigenvalue weighted by Gasteiger charge is 2.46. The molecule has 6 heteroatoms. The van der Waals surface area contributed by atoms with Crippen LogP contribution in [0.15, 0.2) is 65.7 Å². The smallest absolute Gasteiger partial charge is 0.296 e. The average Bonchev–Trinajstić information content (AvgIpc) is 3.33. The van der Waals surface area contributed by atoms with Gasteiger partial charge < -0.3 is 10.0 Å². The van der Waals surface area contributed by atoms with E-state index in [2.05, 4.69) is 4.98 Å². The summed E-state index contributed by atoms with van der Waals surface area (Å²) in [5.74, 6) is -1.44. The van der Waals surface area contributed by atoms with E-state index in [4.69, 9.17) is 0 Å². The Morgan fingerprint density at radius 2 is 1.93 bits per heavy atom. The van der Waals surface area contributed by atoms with Gasteiger partial charge in [-0.1, -0.05) is 24.3 Å². The molecule has 1 aliphatic heterocycles. The van der Waals surface area contributed by atoms with Crippen LogP contribution in [0, 0.1) is 13.8 Å². The van der Waals surface area contributed by atoms with Crippen LogP contribution in [0.5, 0.6) is 0 Å². The van der Waals surface area contributed by atoms with Gasteiger partial charge in [0.2, 0.25) is 0 Å². The second-order valence-electron chi connectivity index (χ2n) is 7.06. The number of Topliss-reactive ketones (excluding diaryl/α,β-unsaturated/α-hetero) is 1. The number of pyridine rings is 1. The van der Waals surface area contributed by atoms with E-state index in [0.29, 0.717) is 11.3 Å². The van der Waals surface area contributed by atoms with Crippen LogP contribution >= 0.6 is 11.3 Å². The molecule has 1 aromatic carbocycles. The van der Waals surface area contributed by atoms with Crippen molar-refractivity contribution >= 4 is 28.8 Å². The van der Waals surface area contributed by atoms with E-state index >= 15 is 0 Å². The van der Waals surface area contributed by atoms with Gasteiger partial charge in [0.1, 0.15) is 11.8 Å². The Morgan fingerprint density at radius 3 is 2.59 bits per heavy atom. The molecule has 29 heavy (non-hydrogen) atoms. The monoisotopic (exact) mass is 404 g/mol. The van der Waals surface area contributed by atoms with Crippen LogP contribution in [0.4, 0.5) is 0 Å². The third-order valence-corrected chi connectivity index (χ3v) is 6.12. The van der Waals surface area contributed by atoms with Gasteiger partial charge in [0.15, 0.2) is 0 Å². The minimum Gasteiger partial charge on any atom is -0.507 e. The number of thiophene rings is 1. The average molecular weight is 404 g/mol. The van der Waals surface area contributed by atoms with Crippen LogP contribution in [-0.4, -0.2) is 26.7 Å². The Kier molecular flexibility index (Phi) is 5.03. The second-order valence-corrected chi connectivity index (χ2v) is 8.04. The molecule has 5 nitrogen and oxygen atoms in total. The van der Waals surface area contributed by atoms with Crippen molar-refractivity contribution in [1.82, 2.24) is 9.88 Å². The van der Waals surface area contributed by atoms with Gasteiger partial charge in [0.05, 0.1) is 17.8 Å². The number of hydrogen-bond acceptors (Lipinski definition) is 5. The third-order valence-electron chi connectivity index (χ3n) is 5.19. The lowest BCUT2D eigenvalue weighted by atomic mass is 9.97. The molecule has 0 radical (unpaired) electrons. The molecule has 3 aromatic rings. The quantitative estimate of drug-likeness (QED) is 0.398. The number of aliphatic hydroxyl groups is 1. The fourth-order valence-corrected chi connectivity index (χ4v) is 4.34. The predicted octanol–water partition coefficient (Wildman–Crippen LogP) is 4.38. The van der Waals surface area contributed by atoms with Crippen LogP contribution < -0.4 is 0 Å². The van der Waals surface area contributed by atoms with Crippen LogP contribution in [0.25, 0.3) is 5.76 Å². The molecule has 1 saturated heterocycles. The van der Waals surface area contributed by atoms with Gasteiger partial charge in [-0.2, -0.15) is 0 Å². The van der Waals surface area contributed by atoms with Crippen molar-refractivity contribution < 1.29 is 14.7 Å². The third kappa shape index (κ3) is 3.47. The van der Waals surface area contributed by atoms with E-state index in [1.807, 2.05) is 55.6 Å². The summed E-state index contributed by atoms with van der Waals surface area (Å²) in [6.45, 7) is 4.12. The number of nitrogens with zero attached hydrogens (tertiary/aromatic N) is 2. The zero-order valence-corrected chi connectivity index (χ0v) is 16.9. The first kappa shape index (κ1) is 19.1. The number of likely N-dealkylation sites (tertiary alicyclic amines) is 1. The highest BCUT2D eigenvalue weighted by molar-refractivity contribution is 7.10. The van der Waals surface area contributed by atoms with Gasteiger partial charge >= 0.3 is 0 Å². The fraction of sp³-hybridized carbons (Fsp3) is 0.174. The van der Waals surface area contributed by atoms with E-state index in [9.17, 15) is 14.7 Å². The normalized spacial score (nSPS) is 18.4. The summed E-state index contributed by atoms with van der Waals surface area (Å²) >= 11 is 1.45. The van der Waals surface area contributed by atoms with Crippen molar-refractivity contribution in [3.63, 3.8) is 0 Å². The molecule has 1 atom stereocenters. The highest BCUT2D eigenvalue weighted by Crippen LogP contribution is 2.41. The summed E-state index contributed by atoms with van der Waals surface area (Å²) in [5, 5.41) is 12.9. The maximum atomic E-state index is 13.0. The number of benzene rings is 1. The molecule has 146 valence electrons. The first-order valence-electron chi connectivity index (χ1n) is 9.26. The van der Waals surface area contributed by atoms with Crippen molar-refractivity contribution in [3.8, 4) is 0 Å². The summed E-state index contributed by atoms with van der Waals surface area (Å²) in [6.07, 6.45) is 1.65. The Bertz CT molecular complexity index is 1100. The Labute approximate surface area is 173 Å². The molecule has 1 N–H and O–H groups in total. The molecule has 2 aromatic heterocycles. The fourth-order valence-electron chi connectivity index (χ4n) is 3.50. The molecular formula is C23H20N2O3S. The molecule has 1 amide bonds. The van der Waals surface area contributed by atoms with Crippen molar-refractivity contribution in [2.45, 2.75) is 26.4 Å². The van der Waals surface area contributed by atoms with E-state index in [1.54, 1.807) is 18.3 Å². The number of aromatic nitrogens is 1. The summed E-state index contributed by atoms with van der Waals surface area (Å²) in [6, 6.07) is 14.1. The molecule has 0 bridgehead atoms. The van der Waals surface area contributed by atoms with Gasteiger partial charge in [0.25, 0.3) is 11.7 Å². The van der Waals surface area contributed by atoms with Crippen LogP contribution in [0.3, 0.4) is 0 Å². The van der Waals surface area contributed by atoms with Crippen LogP contribution in [0.2, 0.25) is 0 Å². The zero-order chi connectivity index (χ0) is 20.5. The highest BCUT2D eigenvalue weighted by atomic mass is 32.1. The summed E-state index contributed by atoms with van der Waals surface area (Å²) in [7, 11) is 0. The topological polar surface area (TPSA) is 70.5 Å². The number of carbonyl (C=O) groups is 2. The molecule has 0 spiro atoms. The molecule has 1 aliphatic rings. The predicted molar refractivity (Wildman–Crippen MR) is 112 cm³/mol. The minimum absolute atomic E-state index is 0.122. The van der Waals surface area contributed by atoms with Crippen molar-refractivity contribution in [3.05, 3.63) is 92.9 Å². The van der Waals surface area contributed by atoms with Gasteiger partial charge in [-0.05, 0) is 54.6 Å². The molecule has 1 unspecified atom stereocenters. The lowest BCUT2D eigenvalue weighted by Crippen LogP contribution is -2.29. The van der Waals surface area contributed by atoms with Gasteiger partial charge in [-0.3, -0.25) is 14.6 Å². The molecule has 3 heterocycles. The SMILES string of the molecule is Cc1ccc(/C(O)=C2/C(=O)C(=O)N(Cc3ccccn3)C2c2cccs2)cc1C. The Hall–Kier alpha value is -3.25. The maximum absolute atomic E-state index is 13.0. The first-order valence-corrected chi connectivity index (χ1v) is 10.1. The number of amides is 1. The molecule has 0 aliphatic carbocycles. The van der Waals surface area contributed by atoms with Gasteiger partial charge in [0, 0.05) is 16.6 Å². The molecule has 4 rings (SSSR count). The zero-order valence-electron chi connectivity index (χ0n) is 16.1. The number of rotatable bonds is 4. The van der Waals surface area contributed by atoms with Crippen LogP contribution in [0.1, 0.15) is 33.3 Å². The van der Waals surface area contributed by atoms with E-state index in [0.717, 1.165) is 16.0 Å². The number of carbonyl (C=O) groups excluding carboxylic acids is 2. The number of ketones is 1. The molecule has 1 fully saturated rings. The standard InChI is InChI=1S/C23H20N2O3S/c1-14-8-9-16(12-15(14)2)21(26)19-20(18-7-5-11-29-18)25(23(28)22(19)27)13-17-6-3-4-10-24-17/h3-12,20,26H,13H2,1-2H3/b21-19-. The summed E-state index contributed by atoms with van der Waals surface area (Å²) < 4.78 is 0. The van der Waals surface area contributed by atoms with E-state index in [1.165, 1.54) is 16.2 Å². The molecule has 0 saturated carbocycles. The lowest BCUT2D eigenvalue weighted by molar-refractivity contribution is -0.140. The Balaban J connectivity index is 1.84. The second kappa shape index (κ2) is 7.64. The number of aryl methyl sites for hydroxylation is 2. The first-order chi connectivity index (χ1) is 14.0. The summed E-state index contributed by atoms with van der Waals surface area (Å²) in [5.41, 5.74) is 3.43. The van der Waals surface area contributed by atoms with Crippen molar-refractivity contribution in [2.75, 3.05) is 0 Å². The summed E-state index contributed by atoms with van der Waals surface area (Å²) in [4.78, 5) is 32.4. The number of aliphatic hydroxyl groups excluding tert-OH is 1. The van der Waals surface area contributed by atoms with Crippen LogP contribution in [-0.2, 0) is 16.1 Å². The van der Waals surface area contributed by atoms with Gasteiger partial charge in [-0.25, -0.2) is 0 Å². The van der Waals surface area contributed by atoms with Gasteiger partial charge in [-0.15, -0.1) is 11.3 Å². The number of hydrogen-bond donors (Lipinski definition) is 1. The lowest BCUT2D eigenvalue weighted by Gasteiger charge is -2.23. The Morgan fingerprint density at radius 1 is 1.10 bits per heavy atom. The maximum Gasteiger partial charge on any atom is 0.296 e. The molecular weight excluding hydrogens is 384 g/mol. The van der Waals surface area contributed by atoms with Crippen molar-refractivity contribution in [1.29, 1.82) is 0 Å². The minimum atomic E-state index is -0.671. The largest absolute Gasteiger partial charge is 0.507 e. The van der Waals surface area contributed by atoms with Crippen molar-refractivity contribution in [2.24, 2.45) is 0 Å². The van der Waals surface area contributed by atoms with E-state index in [-0.39, 0.29) is 17.9 Å². The van der Waals surface area contributed by atoms with E-state index < -0.39 is 17.7 Å².